The summed E-state index contributed by atoms with van der Waals surface area (Å²) in [7, 11) is 0. The van der Waals surface area contributed by atoms with E-state index in [0.29, 0.717) is 23.2 Å². The van der Waals surface area contributed by atoms with Crippen LogP contribution in [0, 0.1) is 0 Å². The lowest BCUT2D eigenvalue weighted by molar-refractivity contribution is 0.0730. The first kappa shape index (κ1) is 14.3. The lowest BCUT2D eigenvalue weighted by Gasteiger charge is -2.23. The predicted molar refractivity (Wildman–Crippen MR) is 92.6 cm³/mol. The van der Waals surface area contributed by atoms with Gasteiger partial charge in [0.05, 0.1) is 10.6 Å². The number of aromatic nitrogens is 1. The van der Waals surface area contributed by atoms with Crippen LogP contribution in [0.2, 0.25) is 5.02 Å². The molecule has 4 rings (SSSR count). The largest absolute Gasteiger partial charge is 0.361 e. The average Bonchev–Trinajstić information content (AvgIpc) is 3.29. The van der Waals surface area contributed by atoms with Gasteiger partial charge in [0.15, 0.2) is 0 Å². The van der Waals surface area contributed by atoms with E-state index in [0.717, 1.165) is 23.9 Å². The van der Waals surface area contributed by atoms with Crippen LogP contribution in [0.25, 0.3) is 10.9 Å². The van der Waals surface area contributed by atoms with Gasteiger partial charge in [0.2, 0.25) is 0 Å². The molecule has 0 aliphatic heterocycles. The van der Waals surface area contributed by atoms with Crippen molar-refractivity contribution in [2.24, 2.45) is 0 Å². The summed E-state index contributed by atoms with van der Waals surface area (Å²) in [5.41, 5.74) is 2.82. The van der Waals surface area contributed by atoms with Crippen molar-refractivity contribution in [1.29, 1.82) is 0 Å². The lowest BCUT2D eigenvalue weighted by Crippen LogP contribution is -2.32. The minimum Gasteiger partial charge on any atom is -0.361 e. The average molecular weight is 325 g/mol. The maximum Gasteiger partial charge on any atom is 0.255 e. The Hall–Kier alpha value is -2.26. The van der Waals surface area contributed by atoms with Crippen LogP contribution in [0.1, 0.15) is 28.8 Å². The minimum atomic E-state index is 0.0182. The molecule has 0 radical (unpaired) electrons. The van der Waals surface area contributed by atoms with Crippen molar-refractivity contribution in [3.8, 4) is 0 Å². The van der Waals surface area contributed by atoms with Crippen molar-refractivity contribution < 1.29 is 4.79 Å². The molecule has 1 heterocycles. The number of nitrogens with one attached hydrogen (secondary N) is 1. The zero-order chi connectivity index (χ0) is 15.8. The maximum atomic E-state index is 12.9. The highest BCUT2D eigenvalue weighted by molar-refractivity contribution is 6.33. The molecule has 1 aromatic heterocycles. The summed E-state index contributed by atoms with van der Waals surface area (Å²) in [6.07, 6.45) is 4.07. The summed E-state index contributed by atoms with van der Waals surface area (Å²) >= 11 is 6.20. The number of nitrogens with zero attached hydrogens (tertiary/aromatic N) is 1. The lowest BCUT2D eigenvalue weighted by atomic mass is 10.1. The van der Waals surface area contributed by atoms with Gasteiger partial charge in [-0.1, -0.05) is 35.9 Å². The first-order chi connectivity index (χ1) is 11.2. The van der Waals surface area contributed by atoms with Crippen molar-refractivity contribution in [3.05, 3.63) is 70.9 Å². The Morgan fingerprint density at radius 1 is 1.17 bits per heavy atom. The Morgan fingerprint density at radius 3 is 2.78 bits per heavy atom. The molecule has 0 saturated heterocycles. The van der Waals surface area contributed by atoms with Gasteiger partial charge in [0.1, 0.15) is 0 Å². The van der Waals surface area contributed by atoms with Crippen molar-refractivity contribution in [1.82, 2.24) is 9.88 Å². The predicted octanol–water partition coefficient (Wildman–Crippen LogP) is 4.63. The van der Waals surface area contributed by atoms with E-state index in [1.807, 2.05) is 29.3 Å². The van der Waals surface area contributed by atoms with Gasteiger partial charge in [-0.2, -0.15) is 0 Å². The Bertz CT molecular complexity index is 866. The number of H-pyrrole nitrogens is 1. The standard InChI is InChI=1S/C19H17ClN2O/c20-17-4-2-1-3-16(17)19(23)22(15-7-8-15)12-13-5-6-14-9-10-21-18(14)11-13/h1-6,9-11,15,21H,7-8,12H2. The molecule has 1 fully saturated rings. The number of amides is 1. The van der Waals surface area contributed by atoms with E-state index in [2.05, 4.69) is 23.2 Å². The highest BCUT2D eigenvalue weighted by Crippen LogP contribution is 2.31. The van der Waals surface area contributed by atoms with Crippen molar-refractivity contribution in [2.45, 2.75) is 25.4 Å². The second kappa shape index (κ2) is 5.74. The Morgan fingerprint density at radius 2 is 2.00 bits per heavy atom. The molecule has 2 aromatic carbocycles. The highest BCUT2D eigenvalue weighted by atomic mass is 35.5. The third kappa shape index (κ3) is 2.84. The molecule has 1 aliphatic carbocycles. The summed E-state index contributed by atoms with van der Waals surface area (Å²) in [6.45, 7) is 0.615. The first-order valence-electron chi connectivity index (χ1n) is 7.84. The van der Waals surface area contributed by atoms with Crippen LogP contribution in [0.15, 0.2) is 54.7 Å². The van der Waals surface area contributed by atoms with Gasteiger partial charge in [-0.15, -0.1) is 0 Å². The summed E-state index contributed by atoms with van der Waals surface area (Å²) in [4.78, 5) is 18.1. The molecule has 1 N–H and O–H groups in total. The minimum absolute atomic E-state index is 0.0182. The molecule has 0 atom stereocenters. The van der Waals surface area contributed by atoms with E-state index in [1.54, 1.807) is 12.1 Å². The molecule has 116 valence electrons. The van der Waals surface area contributed by atoms with E-state index in [-0.39, 0.29) is 5.91 Å². The fraction of sp³-hybridized carbons (Fsp3) is 0.211. The zero-order valence-corrected chi connectivity index (χ0v) is 13.4. The molecule has 0 bridgehead atoms. The quantitative estimate of drug-likeness (QED) is 0.746. The molecule has 0 unspecified atom stereocenters. The molecule has 1 amide bonds. The zero-order valence-electron chi connectivity index (χ0n) is 12.6. The molecule has 1 aliphatic rings. The monoisotopic (exact) mass is 324 g/mol. The van der Waals surface area contributed by atoms with Crippen molar-refractivity contribution >= 4 is 28.4 Å². The van der Waals surface area contributed by atoms with Crippen LogP contribution in [0.4, 0.5) is 0 Å². The van der Waals surface area contributed by atoms with Crippen LogP contribution < -0.4 is 0 Å². The first-order valence-corrected chi connectivity index (χ1v) is 8.22. The number of carbonyl (C=O) groups excluding carboxylic acids is 1. The number of carbonyl (C=O) groups is 1. The van der Waals surface area contributed by atoms with Crippen LogP contribution in [-0.4, -0.2) is 21.8 Å². The molecule has 3 aromatic rings. The van der Waals surface area contributed by atoms with E-state index < -0.39 is 0 Å². The van der Waals surface area contributed by atoms with E-state index in [1.165, 1.54) is 5.39 Å². The third-order valence-electron chi connectivity index (χ3n) is 4.33. The molecule has 4 heteroatoms. The van der Waals surface area contributed by atoms with Crippen LogP contribution in [-0.2, 0) is 6.54 Å². The van der Waals surface area contributed by atoms with Crippen molar-refractivity contribution in [2.75, 3.05) is 0 Å². The second-order valence-corrected chi connectivity index (χ2v) is 6.45. The summed E-state index contributed by atoms with van der Waals surface area (Å²) in [5.74, 6) is 0.0182. The van der Waals surface area contributed by atoms with Gasteiger partial charge < -0.3 is 9.88 Å². The number of hydrogen-bond donors (Lipinski definition) is 1. The second-order valence-electron chi connectivity index (χ2n) is 6.04. The number of halogens is 1. The van der Waals surface area contributed by atoms with E-state index in [4.69, 9.17) is 11.6 Å². The smallest absolute Gasteiger partial charge is 0.255 e. The molecule has 0 spiro atoms. The van der Waals surface area contributed by atoms with Crippen LogP contribution in [0.3, 0.4) is 0 Å². The molecule has 23 heavy (non-hydrogen) atoms. The maximum absolute atomic E-state index is 12.9. The summed E-state index contributed by atoms with van der Waals surface area (Å²) < 4.78 is 0. The Kier molecular flexibility index (Phi) is 3.58. The number of fused-ring (bicyclic) bond motifs is 1. The number of aromatic amines is 1. The van der Waals surface area contributed by atoms with Gasteiger partial charge in [-0.05, 0) is 48.1 Å². The van der Waals surface area contributed by atoms with Gasteiger partial charge in [-0.3, -0.25) is 4.79 Å². The molecule has 3 nitrogen and oxygen atoms in total. The number of rotatable bonds is 4. The third-order valence-corrected chi connectivity index (χ3v) is 4.65. The van der Waals surface area contributed by atoms with E-state index in [9.17, 15) is 4.79 Å². The van der Waals surface area contributed by atoms with Crippen LogP contribution >= 0.6 is 11.6 Å². The Balaban J connectivity index is 1.63. The highest BCUT2D eigenvalue weighted by Gasteiger charge is 2.33. The van der Waals surface area contributed by atoms with E-state index >= 15 is 0 Å². The molecular weight excluding hydrogens is 308 g/mol. The number of benzene rings is 2. The van der Waals surface area contributed by atoms with Gasteiger partial charge in [0, 0.05) is 24.3 Å². The van der Waals surface area contributed by atoms with Crippen molar-refractivity contribution in [3.63, 3.8) is 0 Å². The SMILES string of the molecule is O=C(c1ccccc1Cl)N(Cc1ccc2cc[nH]c2c1)C1CC1. The van der Waals surface area contributed by atoms with Crippen LogP contribution in [0.5, 0.6) is 0 Å². The fourth-order valence-electron chi connectivity index (χ4n) is 2.93. The number of hydrogen-bond acceptors (Lipinski definition) is 1. The normalized spacial score (nSPS) is 14.1. The van der Waals surface area contributed by atoms with Gasteiger partial charge in [-0.25, -0.2) is 0 Å². The Labute approximate surface area is 139 Å². The summed E-state index contributed by atoms with van der Waals surface area (Å²) in [5, 5.41) is 1.70. The topological polar surface area (TPSA) is 36.1 Å². The van der Waals surface area contributed by atoms with Gasteiger partial charge >= 0.3 is 0 Å². The summed E-state index contributed by atoms with van der Waals surface area (Å²) in [6, 6.07) is 15.9. The molecular formula is C19H17ClN2O. The van der Waals surface area contributed by atoms with Gasteiger partial charge in [0.25, 0.3) is 5.91 Å². The fourth-order valence-corrected chi connectivity index (χ4v) is 3.15. The molecule has 1 saturated carbocycles.